The molecule has 0 spiro atoms. The van der Waals surface area contributed by atoms with E-state index in [0.29, 0.717) is 17.1 Å². The van der Waals surface area contributed by atoms with Crippen LogP contribution in [0, 0.1) is 0 Å². The van der Waals surface area contributed by atoms with Crippen LogP contribution in [0.3, 0.4) is 0 Å². The summed E-state index contributed by atoms with van der Waals surface area (Å²) in [5, 5.41) is 5.58. The lowest BCUT2D eigenvalue weighted by molar-refractivity contribution is 0.0992. The molecule has 0 aliphatic carbocycles. The van der Waals surface area contributed by atoms with Crippen molar-refractivity contribution in [3.05, 3.63) is 34.9 Å². The fourth-order valence-electron chi connectivity index (χ4n) is 1.12. The van der Waals surface area contributed by atoms with E-state index in [1.54, 1.807) is 31.2 Å². The van der Waals surface area contributed by atoms with Gasteiger partial charge in [0, 0.05) is 17.1 Å². The minimum atomic E-state index is -0.343. The lowest BCUT2D eigenvalue weighted by Crippen LogP contribution is -2.38. The first kappa shape index (κ1) is 12.5. The van der Waals surface area contributed by atoms with Crippen molar-refractivity contribution in [2.75, 3.05) is 13.1 Å². The predicted molar refractivity (Wildman–Crippen MR) is 62.9 cm³/mol. The molecule has 5 heteroatoms. The van der Waals surface area contributed by atoms with Crippen LogP contribution in [0.5, 0.6) is 0 Å². The number of nitrogens with one attached hydrogen (secondary N) is 2. The summed E-state index contributed by atoms with van der Waals surface area (Å²) in [6.07, 6.45) is 0. The predicted octanol–water partition coefficient (Wildman–Crippen LogP) is 1.84. The van der Waals surface area contributed by atoms with Crippen molar-refractivity contribution in [3.8, 4) is 0 Å². The van der Waals surface area contributed by atoms with Crippen LogP contribution in [0.15, 0.2) is 24.3 Å². The van der Waals surface area contributed by atoms with Crippen molar-refractivity contribution >= 4 is 23.4 Å². The number of hydrogen-bond donors (Lipinski definition) is 2. The highest BCUT2D eigenvalue weighted by atomic mass is 35.5. The zero-order valence-electron chi connectivity index (χ0n) is 8.92. The molecule has 0 heterocycles. The average Bonchev–Trinajstić information content (AvgIpc) is 2.27. The minimum Gasteiger partial charge on any atom is -0.338 e. The third-order valence-electron chi connectivity index (χ3n) is 1.91. The molecule has 0 atom stereocenters. The number of carbonyl (C=O) groups excluding carboxylic acids is 2. The molecule has 0 bridgehead atoms. The number of ketones is 1. The molecule has 1 rings (SSSR count). The molecule has 0 aliphatic rings. The summed E-state index contributed by atoms with van der Waals surface area (Å²) in [5.74, 6) is -0.150. The van der Waals surface area contributed by atoms with Crippen LogP contribution < -0.4 is 10.6 Å². The van der Waals surface area contributed by atoms with Crippen LogP contribution in [0.4, 0.5) is 4.79 Å². The SMILES string of the molecule is CCNC(=O)NCC(=O)c1ccc(Cl)cc1. The van der Waals surface area contributed by atoms with Gasteiger partial charge in [0.2, 0.25) is 0 Å². The third-order valence-corrected chi connectivity index (χ3v) is 2.17. The first-order valence-corrected chi connectivity index (χ1v) is 5.31. The van der Waals surface area contributed by atoms with Crippen molar-refractivity contribution in [2.24, 2.45) is 0 Å². The Morgan fingerprint density at radius 1 is 1.19 bits per heavy atom. The zero-order valence-corrected chi connectivity index (χ0v) is 9.67. The first-order valence-electron chi connectivity index (χ1n) is 4.94. The van der Waals surface area contributed by atoms with Gasteiger partial charge in [0.05, 0.1) is 6.54 Å². The summed E-state index contributed by atoms with van der Waals surface area (Å²) in [6, 6.07) is 6.19. The van der Waals surface area contributed by atoms with E-state index >= 15 is 0 Å². The van der Waals surface area contributed by atoms with Crippen LogP contribution >= 0.6 is 11.6 Å². The quantitative estimate of drug-likeness (QED) is 0.789. The third kappa shape index (κ3) is 3.90. The first-order chi connectivity index (χ1) is 7.63. The van der Waals surface area contributed by atoms with Gasteiger partial charge >= 0.3 is 6.03 Å². The summed E-state index contributed by atoms with van der Waals surface area (Å²) >= 11 is 5.69. The van der Waals surface area contributed by atoms with Gasteiger partial charge in [0.25, 0.3) is 0 Å². The van der Waals surface area contributed by atoms with Gasteiger partial charge in [0.15, 0.2) is 5.78 Å². The minimum absolute atomic E-state index is 0.0204. The van der Waals surface area contributed by atoms with Gasteiger partial charge in [-0.15, -0.1) is 0 Å². The number of halogens is 1. The van der Waals surface area contributed by atoms with Gasteiger partial charge in [-0.2, -0.15) is 0 Å². The van der Waals surface area contributed by atoms with E-state index in [1.807, 2.05) is 0 Å². The fourth-order valence-corrected chi connectivity index (χ4v) is 1.25. The Morgan fingerprint density at radius 3 is 2.38 bits per heavy atom. The molecule has 1 aromatic rings. The molecule has 2 N–H and O–H groups in total. The number of Topliss-reactive ketones (excluding diaryl/α,β-unsaturated/α-hetero) is 1. The van der Waals surface area contributed by atoms with E-state index < -0.39 is 0 Å². The highest BCUT2D eigenvalue weighted by molar-refractivity contribution is 6.30. The molecule has 0 aliphatic heterocycles. The molecule has 0 radical (unpaired) electrons. The second kappa shape index (κ2) is 6.12. The number of amides is 2. The number of carbonyl (C=O) groups is 2. The number of urea groups is 1. The Kier molecular flexibility index (Phi) is 4.79. The number of rotatable bonds is 4. The normalized spacial score (nSPS) is 9.62. The second-order valence-electron chi connectivity index (χ2n) is 3.14. The van der Waals surface area contributed by atoms with Crippen molar-refractivity contribution in [1.29, 1.82) is 0 Å². The van der Waals surface area contributed by atoms with Crippen molar-refractivity contribution in [1.82, 2.24) is 10.6 Å². The molecule has 0 aromatic heterocycles. The maximum atomic E-state index is 11.6. The van der Waals surface area contributed by atoms with Gasteiger partial charge < -0.3 is 10.6 Å². The van der Waals surface area contributed by atoms with E-state index in [1.165, 1.54) is 0 Å². The molecule has 1 aromatic carbocycles. The van der Waals surface area contributed by atoms with Gasteiger partial charge in [-0.3, -0.25) is 4.79 Å². The molecule has 0 saturated heterocycles. The number of hydrogen-bond acceptors (Lipinski definition) is 2. The van der Waals surface area contributed by atoms with Gasteiger partial charge in [-0.25, -0.2) is 4.79 Å². The monoisotopic (exact) mass is 240 g/mol. The van der Waals surface area contributed by atoms with Crippen LogP contribution in [-0.2, 0) is 0 Å². The fraction of sp³-hybridized carbons (Fsp3) is 0.273. The lowest BCUT2D eigenvalue weighted by Gasteiger charge is -2.05. The highest BCUT2D eigenvalue weighted by Crippen LogP contribution is 2.09. The van der Waals surface area contributed by atoms with Crippen molar-refractivity contribution < 1.29 is 9.59 Å². The molecule has 0 unspecified atom stereocenters. The lowest BCUT2D eigenvalue weighted by atomic mass is 10.1. The summed E-state index contributed by atoms with van der Waals surface area (Å²) in [7, 11) is 0. The summed E-state index contributed by atoms with van der Waals surface area (Å²) in [5.41, 5.74) is 0.529. The summed E-state index contributed by atoms with van der Waals surface area (Å²) in [6.45, 7) is 2.31. The smallest absolute Gasteiger partial charge is 0.315 e. The topological polar surface area (TPSA) is 58.2 Å². The number of benzene rings is 1. The Morgan fingerprint density at radius 2 is 1.81 bits per heavy atom. The Hall–Kier alpha value is -1.55. The van der Waals surface area contributed by atoms with Crippen LogP contribution in [0.25, 0.3) is 0 Å². The molecule has 16 heavy (non-hydrogen) atoms. The Bertz CT molecular complexity index is 376. The largest absolute Gasteiger partial charge is 0.338 e. The summed E-state index contributed by atoms with van der Waals surface area (Å²) in [4.78, 5) is 22.6. The van der Waals surface area contributed by atoms with Gasteiger partial charge in [-0.1, -0.05) is 11.6 Å². The van der Waals surface area contributed by atoms with E-state index in [9.17, 15) is 9.59 Å². The average molecular weight is 241 g/mol. The molecule has 4 nitrogen and oxygen atoms in total. The van der Waals surface area contributed by atoms with E-state index in [-0.39, 0.29) is 18.4 Å². The van der Waals surface area contributed by atoms with Crippen LogP contribution in [0.2, 0.25) is 5.02 Å². The molecular formula is C11H13ClN2O2. The molecule has 2 amide bonds. The Labute approximate surface area is 99.0 Å². The van der Waals surface area contributed by atoms with E-state index in [4.69, 9.17) is 11.6 Å². The van der Waals surface area contributed by atoms with Crippen molar-refractivity contribution in [3.63, 3.8) is 0 Å². The molecular weight excluding hydrogens is 228 g/mol. The maximum Gasteiger partial charge on any atom is 0.315 e. The second-order valence-corrected chi connectivity index (χ2v) is 3.58. The Balaban J connectivity index is 2.47. The van der Waals surface area contributed by atoms with Gasteiger partial charge in [-0.05, 0) is 31.2 Å². The standard InChI is InChI=1S/C11H13ClN2O2/c1-2-13-11(16)14-7-10(15)8-3-5-9(12)6-4-8/h3-6H,2,7H2,1H3,(H2,13,14,16). The van der Waals surface area contributed by atoms with Crippen LogP contribution in [0.1, 0.15) is 17.3 Å². The zero-order chi connectivity index (χ0) is 12.0. The van der Waals surface area contributed by atoms with Crippen LogP contribution in [-0.4, -0.2) is 24.9 Å². The molecule has 0 saturated carbocycles. The van der Waals surface area contributed by atoms with E-state index in [2.05, 4.69) is 10.6 Å². The highest BCUT2D eigenvalue weighted by Gasteiger charge is 2.06. The van der Waals surface area contributed by atoms with E-state index in [0.717, 1.165) is 0 Å². The van der Waals surface area contributed by atoms with Gasteiger partial charge in [0.1, 0.15) is 0 Å². The molecule has 0 fully saturated rings. The summed E-state index contributed by atoms with van der Waals surface area (Å²) < 4.78 is 0. The molecule has 86 valence electrons. The van der Waals surface area contributed by atoms with Crippen molar-refractivity contribution in [2.45, 2.75) is 6.92 Å². The maximum absolute atomic E-state index is 11.6.